The highest BCUT2D eigenvalue weighted by atomic mass is 79.9. The lowest BCUT2D eigenvalue weighted by molar-refractivity contribution is 0.707. The van der Waals surface area contributed by atoms with Crippen LogP contribution in [0, 0.1) is 0 Å². The summed E-state index contributed by atoms with van der Waals surface area (Å²) in [6.45, 7) is 0. The largest absolute Gasteiger partial charge is 0.241 e. The van der Waals surface area contributed by atoms with Crippen molar-refractivity contribution in [3.05, 3.63) is 34.5 Å². The van der Waals surface area contributed by atoms with E-state index in [4.69, 9.17) is 0 Å². The first-order valence-electron chi connectivity index (χ1n) is 5.88. The van der Waals surface area contributed by atoms with Crippen molar-refractivity contribution in [2.75, 3.05) is 0 Å². The molecule has 88 valence electrons. The van der Waals surface area contributed by atoms with Gasteiger partial charge < -0.3 is 0 Å². The third-order valence-electron chi connectivity index (χ3n) is 3.12. The Morgan fingerprint density at radius 3 is 2.82 bits per heavy atom. The Hall–Kier alpha value is -1.23. The highest BCUT2D eigenvalue weighted by Gasteiger charge is 2.15. The van der Waals surface area contributed by atoms with Crippen molar-refractivity contribution in [1.82, 2.24) is 19.7 Å². The second-order valence-electron chi connectivity index (χ2n) is 4.29. The molecule has 0 bridgehead atoms. The van der Waals surface area contributed by atoms with E-state index in [2.05, 4.69) is 31.0 Å². The maximum atomic E-state index is 4.41. The molecular formula is C12H13BrN4. The summed E-state index contributed by atoms with van der Waals surface area (Å²) >= 11 is 3.41. The highest BCUT2D eigenvalue weighted by molar-refractivity contribution is 9.10. The lowest BCUT2D eigenvalue weighted by atomic mass is 10.1. The van der Waals surface area contributed by atoms with Crippen LogP contribution in [0.2, 0.25) is 0 Å². The molecule has 0 aromatic carbocycles. The molecule has 1 aliphatic carbocycles. The Kier molecular flexibility index (Phi) is 2.93. The van der Waals surface area contributed by atoms with Crippen molar-refractivity contribution in [1.29, 1.82) is 0 Å². The van der Waals surface area contributed by atoms with Gasteiger partial charge in [-0.1, -0.05) is 6.42 Å². The monoisotopic (exact) mass is 292 g/mol. The first kappa shape index (κ1) is 10.9. The van der Waals surface area contributed by atoms with Gasteiger partial charge in [-0.3, -0.25) is 0 Å². The Bertz CT molecular complexity index is 535. The second-order valence-corrected chi connectivity index (χ2v) is 5.20. The molecule has 5 heteroatoms. The van der Waals surface area contributed by atoms with Crippen molar-refractivity contribution in [3.63, 3.8) is 0 Å². The van der Waals surface area contributed by atoms with Crippen LogP contribution in [0.3, 0.4) is 0 Å². The van der Waals surface area contributed by atoms with Gasteiger partial charge in [0, 0.05) is 17.5 Å². The van der Waals surface area contributed by atoms with E-state index in [1.165, 1.54) is 30.5 Å². The van der Waals surface area contributed by atoms with Crippen LogP contribution in [-0.4, -0.2) is 19.7 Å². The first-order chi connectivity index (χ1) is 8.34. The topological polar surface area (TPSA) is 43.6 Å². The minimum Gasteiger partial charge on any atom is -0.241 e. The molecule has 0 aliphatic heterocycles. The Labute approximate surface area is 108 Å². The molecule has 0 saturated carbocycles. The summed E-state index contributed by atoms with van der Waals surface area (Å²) in [4.78, 5) is 8.79. The molecule has 3 rings (SSSR count). The molecule has 2 aromatic rings. The number of nitrogens with zero attached hydrogens (tertiary/aromatic N) is 4. The molecular weight excluding hydrogens is 280 g/mol. The van der Waals surface area contributed by atoms with E-state index in [9.17, 15) is 0 Å². The van der Waals surface area contributed by atoms with Crippen LogP contribution >= 0.6 is 15.9 Å². The molecule has 0 unspecified atom stereocenters. The maximum absolute atomic E-state index is 4.41. The molecule has 4 nitrogen and oxygen atoms in total. The number of hydrogen-bond donors (Lipinski definition) is 0. The van der Waals surface area contributed by atoms with E-state index in [1.54, 1.807) is 12.5 Å². The lowest BCUT2D eigenvalue weighted by Crippen LogP contribution is -2.07. The van der Waals surface area contributed by atoms with Gasteiger partial charge in [-0.25, -0.2) is 14.6 Å². The molecule has 0 N–H and O–H groups in total. The van der Waals surface area contributed by atoms with Crippen LogP contribution < -0.4 is 0 Å². The molecule has 2 aromatic heterocycles. The molecule has 0 saturated heterocycles. The second kappa shape index (κ2) is 4.56. The predicted molar refractivity (Wildman–Crippen MR) is 68.1 cm³/mol. The van der Waals surface area contributed by atoms with Gasteiger partial charge in [-0.05, 0) is 41.6 Å². The predicted octanol–water partition coefficient (Wildman–Crippen LogP) is 2.69. The van der Waals surface area contributed by atoms with Gasteiger partial charge in [0.2, 0.25) is 0 Å². The van der Waals surface area contributed by atoms with E-state index in [0.717, 1.165) is 23.1 Å². The molecule has 0 radical (unpaired) electrons. The smallest absolute Gasteiger partial charge is 0.160 e. The van der Waals surface area contributed by atoms with Gasteiger partial charge in [0.1, 0.15) is 6.33 Å². The fourth-order valence-corrected chi connectivity index (χ4v) is 2.58. The summed E-state index contributed by atoms with van der Waals surface area (Å²) in [6.07, 6.45) is 11.2. The minimum absolute atomic E-state index is 0.933. The van der Waals surface area contributed by atoms with Gasteiger partial charge in [-0.15, -0.1) is 0 Å². The van der Waals surface area contributed by atoms with Crippen LogP contribution in [0.1, 0.15) is 30.5 Å². The summed E-state index contributed by atoms with van der Waals surface area (Å²) in [6, 6.07) is 0. The molecule has 0 fully saturated rings. The van der Waals surface area contributed by atoms with E-state index in [0.29, 0.717) is 0 Å². The van der Waals surface area contributed by atoms with Crippen molar-refractivity contribution >= 4 is 15.9 Å². The van der Waals surface area contributed by atoms with Crippen LogP contribution in [0.5, 0.6) is 0 Å². The van der Waals surface area contributed by atoms with Crippen LogP contribution in [0.4, 0.5) is 0 Å². The van der Waals surface area contributed by atoms with Crippen LogP contribution in [0.15, 0.2) is 23.2 Å². The van der Waals surface area contributed by atoms with E-state index < -0.39 is 0 Å². The van der Waals surface area contributed by atoms with Gasteiger partial charge in [-0.2, -0.15) is 5.10 Å². The summed E-state index contributed by atoms with van der Waals surface area (Å²) in [7, 11) is 0. The number of fused-ring (bicyclic) bond motifs is 1. The Morgan fingerprint density at radius 1 is 1.12 bits per heavy atom. The lowest BCUT2D eigenvalue weighted by Gasteiger charge is -2.09. The maximum Gasteiger partial charge on any atom is 0.160 e. The van der Waals surface area contributed by atoms with Crippen molar-refractivity contribution in [2.45, 2.75) is 32.1 Å². The number of halogens is 1. The normalized spacial score (nSPS) is 15.4. The number of aryl methyl sites for hydroxylation is 1. The van der Waals surface area contributed by atoms with Crippen molar-refractivity contribution in [2.24, 2.45) is 0 Å². The Balaban J connectivity index is 2.11. The highest BCUT2D eigenvalue weighted by Crippen LogP contribution is 2.23. The summed E-state index contributed by atoms with van der Waals surface area (Å²) < 4.78 is 2.80. The zero-order valence-electron chi connectivity index (χ0n) is 9.43. The average molecular weight is 293 g/mol. The van der Waals surface area contributed by atoms with E-state index >= 15 is 0 Å². The summed E-state index contributed by atoms with van der Waals surface area (Å²) in [5, 5.41) is 4.30. The van der Waals surface area contributed by atoms with Crippen LogP contribution in [-0.2, 0) is 12.8 Å². The molecule has 1 aliphatic rings. The third-order valence-corrected chi connectivity index (χ3v) is 3.53. The van der Waals surface area contributed by atoms with Gasteiger partial charge in [0.25, 0.3) is 0 Å². The van der Waals surface area contributed by atoms with Gasteiger partial charge in [0.05, 0.1) is 10.7 Å². The zero-order chi connectivity index (χ0) is 11.7. The van der Waals surface area contributed by atoms with Crippen molar-refractivity contribution < 1.29 is 0 Å². The number of hydrogen-bond acceptors (Lipinski definition) is 3. The molecule has 0 amide bonds. The fourth-order valence-electron chi connectivity index (χ4n) is 2.29. The minimum atomic E-state index is 0.933. The number of rotatable bonds is 1. The Morgan fingerprint density at radius 2 is 2.00 bits per heavy atom. The third kappa shape index (κ3) is 2.11. The average Bonchev–Trinajstić information content (AvgIpc) is 2.63. The standard InChI is InChI=1S/C12H13BrN4/c13-9-6-16-17(7-9)12-10-4-2-1-3-5-11(10)14-8-15-12/h6-8H,1-5H2. The van der Waals surface area contributed by atoms with Gasteiger partial charge in [0.15, 0.2) is 5.82 Å². The van der Waals surface area contributed by atoms with E-state index in [1.807, 2.05) is 10.9 Å². The first-order valence-corrected chi connectivity index (χ1v) is 6.67. The van der Waals surface area contributed by atoms with Crippen molar-refractivity contribution in [3.8, 4) is 5.82 Å². The summed E-state index contributed by atoms with van der Waals surface area (Å²) in [5.41, 5.74) is 2.46. The zero-order valence-corrected chi connectivity index (χ0v) is 11.0. The van der Waals surface area contributed by atoms with Gasteiger partial charge >= 0.3 is 0 Å². The molecule has 0 spiro atoms. The molecule has 17 heavy (non-hydrogen) atoms. The molecule has 0 atom stereocenters. The van der Waals surface area contributed by atoms with Crippen LogP contribution in [0.25, 0.3) is 5.82 Å². The fraction of sp³-hybridized carbons (Fsp3) is 0.417. The molecule has 2 heterocycles. The SMILES string of the molecule is Brc1cnn(-c2ncnc3c2CCCCC3)c1. The summed E-state index contributed by atoms with van der Waals surface area (Å²) in [5.74, 6) is 0.933. The van der Waals surface area contributed by atoms with E-state index in [-0.39, 0.29) is 0 Å². The number of aromatic nitrogens is 4. The quantitative estimate of drug-likeness (QED) is 0.759.